The largest absolute Gasteiger partial charge is 0.204 e. The molecule has 0 amide bonds. The summed E-state index contributed by atoms with van der Waals surface area (Å²) in [7, 11) is 0. The predicted octanol–water partition coefficient (Wildman–Crippen LogP) is 4.98. The van der Waals surface area contributed by atoms with Gasteiger partial charge in [0.1, 0.15) is 0 Å². The van der Waals surface area contributed by atoms with Crippen molar-refractivity contribution in [2.45, 2.75) is 39.5 Å². The van der Waals surface area contributed by atoms with Crippen LogP contribution in [-0.4, -0.2) is 0 Å². The van der Waals surface area contributed by atoms with Crippen molar-refractivity contribution in [3.63, 3.8) is 0 Å². The Morgan fingerprint density at radius 1 is 1.05 bits per heavy atom. The molecule has 102 valence electrons. The molecule has 0 unspecified atom stereocenters. The van der Waals surface area contributed by atoms with E-state index >= 15 is 0 Å². The van der Waals surface area contributed by atoms with E-state index in [0.717, 1.165) is 25.0 Å². The van der Waals surface area contributed by atoms with Crippen molar-refractivity contribution in [2.24, 2.45) is 0 Å². The minimum Gasteiger partial charge on any atom is -0.204 e. The standard InChI is InChI=1S/C15H16F3N/c1-3-5-10(9-19)12(6-4-2)11-7-13(16)15(18)14(17)8-11/h7-8H,3-6H2,1-2H3/b12-10-. The van der Waals surface area contributed by atoms with Crippen molar-refractivity contribution in [3.8, 4) is 6.07 Å². The number of hydrogen-bond donors (Lipinski definition) is 0. The van der Waals surface area contributed by atoms with Crippen LogP contribution in [-0.2, 0) is 0 Å². The summed E-state index contributed by atoms with van der Waals surface area (Å²) in [5.74, 6) is -3.93. The number of benzene rings is 1. The molecule has 1 rings (SSSR count). The number of hydrogen-bond acceptors (Lipinski definition) is 1. The Kier molecular flexibility index (Phi) is 5.62. The van der Waals surface area contributed by atoms with E-state index in [-0.39, 0.29) is 5.56 Å². The second kappa shape index (κ2) is 6.98. The number of rotatable bonds is 5. The fourth-order valence-corrected chi connectivity index (χ4v) is 1.97. The Hall–Kier alpha value is -1.76. The zero-order chi connectivity index (χ0) is 14.4. The first kappa shape index (κ1) is 15.3. The van der Waals surface area contributed by atoms with Crippen LogP contribution in [0.25, 0.3) is 5.57 Å². The van der Waals surface area contributed by atoms with E-state index in [9.17, 15) is 13.2 Å². The van der Waals surface area contributed by atoms with Crippen molar-refractivity contribution in [2.75, 3.05) is 0 Å². The van der Waals surface area contributed by atoms with Gasteiger partial charge in [0.25, 0.3) is 0 Å². The molecule has 0 atom stereocenters. The van der Waals surface area contributed by atoms with Gasteiger partial charge in [-0.25, -0.2) is 13.2 Å². The lowest BCUT2D eigenvalue weighted by Gasteiger charge is -2.11. The second-order valence-corrected chi connectivity index (χ2v) is 4.32. The van der Waals surface area contributed by atoms with E-state index in [1.54, 1.807) is 0 Å². The van der Waals surface area contributed by atoms with E-state index in [0.29, 0.717) is 24.0 Å². The molecular formula is C15H16F3N. The highest BCUT2D eigenvalue weighted by Gasteiger charge is 2.15. The van der Waals surface area contributed by atoms with Gasteiger partial charge < -0.3 is 0 Å². The van der Waals surface area contributed by atoms with Gasteiger partial charge in [-0.15, -0.1) is 0 Å². The molecule has 19 heavy (non-hydrogen) atoms. The van der Waals surface area contributed by atoms with Crippen LogP contribution in [0.1, 0.15) is 45.1 Å². The molecule has 0 aliphatic rings. The Bertz CT molecular complexity index is 504. The second-order valence-electron chi connectivity index (χ2n) is 4.32. The molecule has 0 heterocycles. The van der Waals surface area contributed by atoms with Crippen LogP contribution in [0.5, 0.6) is 0 Å². The van der Waals surface area contributed by atoms with E-state index in [1.807, 2.05) is 13.8 Å². The van der Waals surface area contributed by atoms with Gasteiger partial charge in [0.2, 0.25) is 0 Å². The third-order valence-electron chi connectivity index (χ3n) is 2.83. The van der Waals surface area contributed by atoms with Gasteiger partial charge in [-0.05, 0) is 36.1 Å². The molecule has 4 heteroatoms. The van der Waals surface area contributed by atoms with Crippen molar-refractivity contribution in [1.29, 1.82) is 5.26 Å². The fourth-order valence-electron chi connectivity index (χ4n) is 1.97. The topological polar surface area (TPSA) is 23.8 Å². The molecule has 1 aromatic carbocycles. The lowest BCUT2D eigenvalue weighted by atomic mass is 9.94. The van der Waals surface area contributed by atoms with E-state index in [1.165, 1.54) is 0 Å². The molecule has 0 aromatic heterocycles. The maximum absolute atomic E-state index is 13.3. The van der Waals surface area contributed by atoms with E-state index in [2.05, 4.69) is 6.07 Å². The highest BCUT2D eigenvalue weighted by molar-refractivity contribution is 5.71. The van der Waals surface area contributed by atoms with Crippen molar-refractivity contribution in [1.82, 2.24) is 0 Å². The first-order valence-electron chi connectivity index (χ1n) is 6.32. The van der Waals surface area contributed by atoms with Gasteiger partial charge in [0.15, 0.2) is 17.5 Å². The molecule has 0 bridgehead atoms. The highest BCUT2D eigenvalue weighted by atomic mass is 19.2. The van der Waals surface area contributed by atoms with Gasteiger partial charge in [0, 0.05) is 5.57 Å². The summed E-state index contributed by atoms with van der Waals surface area (Å²) >= 11 is 0. The summed E-state index contributed by atoms with van der Waals surface area (Å²) in [4.78, 5) is 0. The molecule has 0 N–H and O–H groups in total. The Labute approximate surface area is 111 Å². The first-order valence-corrected chi connectivity index (χ1v) is 6.32. The van der Waals surface area contributed by atoms with Crippen molar-refractivity contribution >= 4 is 5.57 Å². The van der Waals surface area contributed by atoms with Crippen LogP contribution in [0.2, 0.25) is 0 Å². The van der Waals surface area contributed by atoms with Crippen LogP contribution in [0.15, 0.2) is 17.7 Å². The summed E-state index contributed by atoms with van der Waals surface area (Å²) in [6.07, 6.45) is 2.59. The lowest BCUT2D eigenvalue weighted by molar-refractivity contribution is 0.446. The molecule has 0 aliphatic heterocycles. The summed E-state index contributed by atoms with van der Waals surface area (Å²) in [6.45, 7) is 3.84. The van der Waals surface area contributed by atoms with Gasteiger partial charge in [-0.3, -0.25) is 0 Å². The number of nitriles is 1. The predicted molar refractivity (Wildman–Crippen MR) is 68.7 cm³/mol. The molecule has 1 nitrogen and oxygen atoms in total. The molecule has 1 aromatic rings. The van der Waals surface area contributed by atoms with Crippen LogP contribution < -0.4 is 0 Å². The lowest BCUT2D eigenvalue weighted by Crippen LogP contribution is -1.97. The third-order valence-corrected chi connectivity index (χ3v) is 2.83. The van der Waals surface area contributed by atoms with Crippen LogP contribution in [0.4, 0.5) is 13.2 Å². The summed E-state index contributed by atoms with van der Waals surface area (Å²) in [6, 6.07) is 3.99. The van der Waals surface area contributed by atoms with E-state index in [4.69, 9.17) is 5.26 Å². The minimum absolute atomic E-state index is 0.253. The maximum Gasteiger partial charge on any atom is 0.194 e. The number of allylic oxidation sites excluding steroid dienone is 2. The van der Waals surface area contributed by atoms with Crippen LogP contribution >= 0.6 is 0 Å². The van der Waals surface area contributed by atoms with Crippen molar-refractivity contribution in [3.05, 3.63) is 40.7 Å². The third kappa shape index (κ3) is 3.60. The SMILES string of the molecule is CCC/C(C#N)=C(\CCC)c1cc(F)c(F)c(F)c1. The summed E-state index contributed by atoms with van der Waals surface area (Å²) in [5.41, 5.74) is 1.36. The average Bonchev–Trinajstić information content (AvgIpc) is 2.39. The van der Waals surface area contributed by atoms with Gasteiger partial charge in [-0.2, -0.15) is 5.26 Å². The minimum atomic E-state index is -1.48. The molecular weight excluding hydrogens is 251 g/mol. The van der Waals surface area contributed by atoms with Crippen LogP contribution in [0.3, 0.4) is 0 Å². The number of nitrogens with zero attached hydrogens (tertiary/aromatic N) is 1. The maximum atomic E-state index is 13.3. The molecule has 0 spiro atoms. The molecule has 0 saturated heterocycles. The fraction of sp³-hybridized carbons (Fsp3) is 0.400. The van der Waals surface area contributed by atoms with Gasteiger partial charge in [-0.1, -0.05) is 26.7 Å². The zero-order valence-corrected chi connectivity index (χ0v) is 11.1. The highest BCUT2D eigenvalue weighted by Crippen LogP contribution is 2.28. The Morgan fingerprint density at radius 2 is 1.58 bits per heavy atom. The Balaban J connectivity index is 3.39. The van der Waals surface area contributed by atoms with Gasteiger partial charge in [0.05, 0.1) is 6.07 Å². The molecule has 0 saturated carbocycles. The summed E-state index contributed by atoms with van der Waals surface area (Å²) in [5, 5.41) is 9.14. The average molecular weight is 267 g/mol. The van der Waals surface area contributed by atoms with E-state index < -0.39 is 17.5 Å². The molecule has 0 fully saturated rings. The smallest absolute Gasteiger partial charge is 0.194 e. The zero-order valence-electron chi connectivity index (χ0n) is 11.1. The normalized spacial score (nSPS) is 12.0. The van der Waals surface area contributed by atoms with Crippen LogP contribution in [0, 0.1) is 28.8 Å². The Morgan fingerprint density at radius 3 is 2.00 bits per heavy atom. The quantitative estimate of drug-likeness (QED) is 0.545. The van der Waals surface area contributed by atoms with Crippen molar-refractivity contribution < 1.29 is 13.2 Å². The molecule has 0 aliphatic carbocycles. The number of halogens is 3. The first-order chi connectivity index (χ1) is 9.04. The molecule has 0 radical (unpaired) electrons. The van der Waals surface area contributed by atoms with Gasteiger partial charge >= 0.3 is 0 Å². The summed E-state index contributed by atoms with van der Waals surface area (Å²) < 4.78 is 39.5. The monoisotopic (exact) mass is 267 g/mol.